The summed E-state index contributed by atoms with van der Waals surface area (Å²) in [6.45, 7) is 2.16. The molecule has 1 aromatic carbocycles. The van der Waals surface area contributed by atoms with E-state index in [1.807, 2.05) is 0 Å². The summed E-state index contributed by atoms with van der Waals surface area (Å²) >= 11 is 0. The van der Waals surface area contributed by atoms with Gasteiger partial charge in [-0.15, -0.1) is 0 Å². The van der Waals surface area contributed by atoms with Gasteiger partial charge in [0.15, 0.2) is 0 Å². The molecule has 0 saturated carbocycles. The zero-order valence-corrected chi connectivity index (χ0v) is 18.4. The minimum absolute atomic E-state index is 0. The van der Waals surface area contributed by atoms with Gasteiger partial charge in [-0.3, -0.25) is 0 Å². The van der Waals surface area contributed by atoms with Gasteiger partial charge in [0.05, 0.1) is 0 Å². The van der Waals surface area contributed by atoms with Crippen LogP contribution in [0.15, 0.2) is 24.3 Å². The van der Waals surface area contributed by atoms with Crippen LogP contribution in [-0.2, 0) is 32.3 Å². The van der Waals surface area contributed by atoms with E-state index in [4.69, 9.17) is 0 Å². The van der Waals surface area contributed by atoms with Gasteiger partial charge in [0.2, 0.25) is 0 Å². The van der Waals surface area contributed by atoms with E-state index in [0.717, 1.165) is 6.42 Å². The van der Waals surface area contributed by atoms with E-state index in [2.05, 4.69) is 52.5 Å². The topological polar surface area (TPSA) is 56.4 Å². The fraction of sp³-hybridized carbons (Fsp3) is 0.667. The van der Waals surface area contributed by atoms with E-state index < -0.39 is 0 Å². The molecule has 0 N–H and O–H groups in total. The molecule has 0 heterocycles. The van der Waals surface area contributed by atoms with Crippen LogP contribution in [0, 0.1) is 0 Å². The van der Waals surface area contributed by atoms with Crippen LogP contribution in [0.25, 0.3) is 21.3 Å². The summed E-state index contributed by atoms with van der Waals surface area (Å²) in [6.07, 6.45) is 1.16. The van der Waals surface area contributed by atoms with Crippen molar-refractivity contribution >= 4 is 0 Å². The van der Waals surface area contributed by atoms with Gasteiger partial charge in [-0.1, -0.05) is 13.3 Å². The first-order valence-corrected chi connectivity index (χ1v) is 6.22. The molecule has 0 aliphatic carbocycles. The predicted octanol–water partition coefficient (Wildman–Crippen LogP) is 4.44. The molecule has 122 valence electrons. The monoisotopic (exact) mass is 449 g/mol. The van der Waals surface area contributed by atoms with Crippen molar-refractivity contribution in [1.29, 1.82) is 0 Å². The van der Waals surface area contributed by atoms with Crippen molar-refractivity contribution in [3.63, 3.8) is 0 Å². The first-order valence-electron chi connectivity index (χ1n) is 6.22. The van der Waals surface area contributed by atoms with E-state index in [-0.39, 0.29) is 25.8 Å². The molecule has 0 aromatic heterocycles. The largest absolute Gasteiger partial charge is 0.668 e. The third-order valence-electron chi connectivity index (χ3n) is 1.14. The van der Waals surface area contributed by atoms with Gasteiger partial charge in [0, 0.05) is 25.8 Å². The molecular formula is C15H33HfN4-5. The third-order valence-corrected chi connectivity index (χ3v) is 1.14. The van der Waals surface area contributed by atoms with E-state index in [1.165, 1.54) is 5.56 Å². The normalized spacial score (nSPS) is 6.85. The molecule has 4 nitrogen and oxygen atoms in total. The molecule has 0 unspecified atom stereocenters. The summed E-state index contributed by atoms with van der Waals surface area (Å²) in [5.41, 5.74) is 1.43. The number of hydrogen-bond donors (Lipinski definition) is 0. The number of hydrogen-bond acceptors (Lipinski definition) is 0. The second-order valence-corrected chi connectivity index (χ2v) is 3.44. The maximum absolute atomic E-state index is 3.50. The molecular weight excluding hydrogens is 415 g/mol. The minimum atomic E-state index is 0. The van der Waals surface area contributed by atoms with E-state index in [9.17, 15) is 0 Å². The summed E-state index contributed by atoms with van der Waals surface area (Å²) in [5.74, 6) is 0. The summed E-state index contributed by atoms with van der Waals surface area (Å²) in [4.78, 5) is 0. The van der Waals surface area contributed by atoms with Crippen molar-refractivity contribution in [3.05, 3.63) is 51.1 Å². The van der Waals surface area contributed by atoms with E-state index >= 15 is 0 Å². The standard InChI is InChI=1S/C7H9.4C2H6N.Hf/c1-2-7-5-3-4-6-7;4*1-3-2;/h3-6H,2H2,1H3;4*1-2H3;/q5*-1;. The Morgan fingerprint density at radius 2 is 0.850 bits per heavy atom. The molecule has 0 aliphatic rings. The van der Waals surface area contributed by atoms with Crippen LogP contribution < -0.4 is 0 Å². The molecule has 20 heavy (non-hydrogen) atoms. The van der Waals surface area contributed by atoms with Crippen molar-refractivity contribution in [2.45, 2.75) is 13.3 Å². The molecule has 1 rings (SSSR count). The quantitative estimate of drug-likeness (QED) is 0.451. The van der Waals surface area contributed by atoms with Gasteiger partial charge >= 0.3 is 0 Å². The Hall–Kier alpha value is 0.0601. The molecule has 0 aliphatic heterocycles. The van der Waals surface area contributed by atoms with Crippen molar-refractivity contribution < 1.29 is 25.8 Å². The maximum Gasteiger partial charge on any atom is 0 e. The summed E-state index contributed by atoms with van der Waals surface area (Å²) in [5, 5.41) is 14.0. The van der Waals surface area contributed by atoms with Crippen molar-refractivity contribution in [2.75, 3.05) is 56.4 Å². The molecule has 0 bridgehead atoms. The molecule has 0 radical (unpaired) electrons. The van der Waals surface area contributed by atoms with Crippen LogP contribution in [0.4, 0.5) is 0 Å². The zero-order chi connectivity index (χ0) is 15.9. The second-order valence-electron chi connectivity index (χ2n) is 3.44. The Kier molecular flexibility index (Phi) is 68.7. The SMILES string of the molecule is CC[c-]1cccc1.C[N-]C.C[N-]C.C[N-]C.C[N-]C.[Hf]. The van der Waals surface area contributed by atoms with Gasteiger partial charge < -0.3 is 21.3 Å². The first kappa shape index (κ1) is 32.1. The molecule has 5 heteroatoms. The Labute approximate surface area is 146 Å². The van der Waals surface area contributed by atoms with Crippen LogP contribution in [-0.4, -0.2) is 56.4 Å². The van der Waals surface area contributed by atoms with Gasteiger partial charge in [0.25, 0.3) is 0 Å². The molecule has 0 fully saturated rings. The summed E-state index contributed by atoms with van der Waals surface area (Å²) < 4.78 is 0. The number of rotatable bonds is 1. The smallest absolute Gasteiger partial charge is 0 e. The Morgan fingerprint density at radius 1 is 0.650 bits per heavy atom. The van der Waals surface area contributed by atoms with Gasteiger partial charge in [0.1, 0.15) is 0 Å². The molecule has 1 aromatic rings. The number of aryl methyl sites for hydroxylation is 1. The average Bonchev–Trinajstić information content (AvgIpc) is 2.86. The molecule has 0 atom stereocenters. The Bertz CT molecular complexity index is 172. The molecule has 0 amide bonds. The van der Waals surface area contributed by atoms with Gasteiger partial charge in [-0.2, -0.15) is 74.1 Å². The summed E-state index contributed by atoms with van der Waals surface area (Å²) in [6, 6.07) is 8.41. The third kappa shape index (κ3) is 64.0. The fourth-order valence-electron chi connectivity index (χ4n) is 0.650. The van der Waals surface area contributed by atoms with E-state index in [1.54, 1.807) is 56.4 Å². The van der Waals surface area contributed by atoms with Crippen LogP contribution in [0.2, 0.25) is 0 Å². The Morgan fingerprint density at radius 3 is 0.950 bits per heavy atom. The summed E-state index contributed by atoms with van der Waals surface area (Å²) in [7, 11) is 14.0. The van der Waals surface area contributed by atoms with Crippen molar-refractivity contribution in [3.8, 4) is 0 Å². The van der Waals surface area contributed by atoms with Crippen molar-refractivity contribution in [2.24, 2.45) is 0 Å². The first-order chi connectivity index (χ1) is 9.09. The predicted molar refractivity (Wildman–Crippen MR) is 92.2 cm³/mol. The molecule has 0 saturated heterocycles. The van der Waals surface area contributed by atoms with Gasteiger partial charge in [-0.05, 0) is 0 Å². The van der Waals surface area contributed by atoms with E-state index in [0.29, 0.717) is 0 Å². The van der Waals surface area contributed by atoms with Crippen molar-refractivity contribution in [1.82, 2.24) is 0 Å². The minimum Gasteiger partial charge on any atom is -0.668 e. The Balaban J connectivity index is -0.0000000505. The van der Waals surface area contributed by atoms with Crippen LogP contribution in [0.5, 0.6) is 0 Å². The fourth-order valence-corrected chi connectivity index (χ4v) is 0.650. The number of nitrogens with zero attached hydrogens (tertiary/aromatic N) is 4. The molecule has 0 spiro atoms. The van der Waals surface area contributed by atoms with Crippen LogP contribution in [0.1, 0.15) is 12.5 Å². The average molecular weight is 448 g/mol. The van der Waals surface area contributed by atoms with Gasteiger partial charge in [-0.25, -0.2) is 12.1 Å². The zero-order valence-electron chi connectivity index (χ0n) is 14.8. The maximum atomic E-state index is 3.50. The second kappa shape index (κ2) is 42.7. The van der Waals surface area contributed by atoms with Crippen LogP contribution in [0.3, 0.4) is 0 Å². The van der Waals surface area contributed by atoms with Crippen LogP contribution >= 0.6 is 0 Å².